The van der Waals surface area contributed by atoms with Crippen molar-refractivity contribution in [3.05, 3.63) is 69.2 Å². The zero-order chi connectivity index (χ0) is 20.6. The Morgan fingerprint density at radius 3 is 2.18 bits per heavy atom. The number of nitrogens with one attached hydrogen (secondary N) is 1. The molecule has 1 N–H and O–H groups in total. The fourth-order valence-corrected chi connectivity index (χ4v) is 3.01. The van der Waals surface area contributed by atoms with Crippen LogP contribution >= 0.6 is 23.2 Å². The second-order valence-electron chi connectivity index (χ2n) is 5.64. The molecule has 0 spiro atoms. The molecule has 0 radical (unpaired) electrons. The maximum Gasteiger partial charge on any atom is 0.416 e. The highest BCUT2D eigenvalue weighted by Gasteiger charge is 2.38. The summed E-state index contributed by atoms with van der Waals surface area (Å²) in [6.45, 7) is 0. The van der Waals surface area contributed by atoms with Crippen molar-refractivity contribution in [3.63, 3.8) is 0 Å². The SMILES string of the molecule is O=C1NC(=O)N(c2cccc(C(F)(F)F)c2)C(=O)/C1=C\c1c(Cl)cccc1Cl. The van der Waals surface area contributed by atoms with Gasteiger partial charge in [-0.1, -0.05) is 35.3 Å². The fourth-order valence-electron chi connectivity index (χ4n) is 2.51. The van der Waals surface area contributed by atoms with Gasteiger partial charge in [0.05, 0.1) is 11.3 Å². The van der Waals surface area contributed by atoms with Crippen LogP contribution in [0.4, 0.5) is 23.7 Å². The van der Waals surface area contributed by atoms with Gasteiger partial charge in [-0.25, -0.2) is 9.69 Å². The first-order valence-corrected chi connectivity index (χ1v) is 8.38. The maximum atomic E-state index is 12.9. The summed E-state index contributed by atoms with van der Waals surface area (Å²) in [6.07, 6.45) is -3.60. The van der Waals surface area contributed by atoms with Gasteiger partial charge in [-0.05, 0) is 36.4 Å². The Morgan fingerprint density at radius 1 is 0.964 bits per heavy atom. The van der Waals surface area contributed by atoms with Gasteiger partial charge in [0.15, 0.2) is 0 Å². The molecule has 2 aromatic carbocycles. The van der Waals surface area contributed by atoms with E-state index >= 15 is 0 Å². The average molecular weight is 429 g/mol. The summed E-state index contributed by atoms with van der Waals surface area (Å²) in [5.41, 5.74) is -1.75. The van der Waals surface area contributed by atoms with E-state index in [2.05, 4.69) is 0 Å². The number of anilines is 1. The van der Waals surface area contributed by atoms with Crippen LogP contribution < -0.4 is 10.2 Å². The number of imide groups is 2. The van der Waals surface area contributed by atoms with E-state index in [0.29, 0.717) is 11.0 Å². The number of urea groups is 1. The van der Waals surface area contributed by atoms with Gasteiger partial charge in [0.1, 0.15) is 5.57 Å². The molecule has 0 unspecified atom stereocenters. The van der Waals surface area contributed by atoms with Crippen LogP contribution in [-0.4, -0.2) is 17.8 Å². The van der Waals surface area contributed by atoms with Crippen LogP contribution in [0.3, 0.4) is 0 Å². The number of carbonyl (C=O) groups is 3. The zero-order valence-electron chi connectivity index (χ0n) is 13.7. The number of rotatable bonds is 2. The number of benzene rings is 2. The van der Waals surface area contributed by atoms with Crippen LogP contribution in [0.1, 0.15) is 11.1 Å². The lowest BCUT2D eigenvalue weighted by atomic mass is 10.1. The quantitative estimate of drug-likeness (QED) is 0.557. The Hall–Kier alpha value is -2.84. The number of hydrogen-bond donors (Lipinski definition) is 1. The van der Waals surface area contributed by atoms with E-state index in [9.17, 15) is 27.6 Å². The molecule has 1 aliphatic heterocycles. The smallest absolute Gasteiger partial charge is 0.273 e. The molecule has 3 rings (SSSR count). The van der Waals surface area contributed by atoms with Crippen molar-refractivity contribution in [3.8, 4) is 0 Å². The molecule has 0 saturated carbocycles. The number of alkyl halides is 3. The first-order chi connectivity index (χ1) is 13.1. The van der Waals surface area contributed by atoms with Crippen molar-refractivity contribution in [2.45, 2.75) is 6.18 Å². The van der Waals surface area contributed by atoms with Gasteiger partial charge in [0.25, 0.3) is 11.8 Å². The van der Waals surface area contributed by atoms with Gasteiger partial charge >= 0.3 is 12.2 Å². The number of carbonyl (C=O) groups excluding carboxylic acids is 3. The zero-order valence-corrected chi connectivity index (χ0v) is 15.2. The van der Waals surface area contributed by atoms with Crippen LogP contribution in [0, 0.1) is 0 Å². The number of hydrogen-bond acceptors (Lipinski definition) is 3. The molecule has 0 atom stereocenters. The Balaban J connectivity index is 2.08. The highest BCUT2D eigenvalue weighted by atomic mass is 35.5. The van der Waals surface area contributed by atoms with Crippen molar-refractivity contribution >= 4 is 52.8 Å². The van der Waals surface area contributed by atoms with Crippen LogP contribution in [0.25, 0.3) is 6.08 Å². The van der Waals surface area contributed by atoms with Crippen LogP contribution in [0.2, 0.25) is 10.0 Å². The minimum atomic E-state index is -4.68. The minimum Gasteiger partial charge on any atom is -0.273 e. The average Bonchev–Trinajstić information content (AvgIpc) is 2.60. The molecule has 0 bridgehead atoms. The second-order valence-corrected chi connectivity index (χ2v) is 6.46. The van der Waals surface area contributed by atoms with Gasteiger partial charge in [0.2, 0.25) is 0 Å². The maximum absolute atomic E-state index is 12.9. The van der Waals surface area contributed by atoms with Gasteiger partial charge < -0.3 is 0 Å². The van der Waals surface area contributed by atoms with E-state index in [-0.39, 0.29) is 21.3 Å². The Bertz CT molecular complexity index is 1010. The summed E-state index contributed by atoms with van der Waals surface area (Å²) in [5, 5.41) is 2.20. The van der Waals surface area contributed by atoms with Crippen molar-refractivity contribution in [1.29, 1.82) is 0 Å². The molecule has 2 aromatic rings. The van der Waals surface area contributed by atoms with E-state index in [0.717, 1.165) is 24.3 Å². The first kappa shape index (κ1) is 19.9. The summed E-state index contributed by atoms with van der Waals surface area (Å²) in [4.78, 5) is 37.4. The molecule has 1 aliphatic rings. The lowest BCUT2D eigenvalue weighted by Crippen LogP contribution is -2.54. The summed E-state index contributed by atoms with van der Waals surface area (Å²) in [5.74, 6) is -2.13. The fraction of sp³-hybridized carbons (Fsp3) is 0.0556. The highest BCUT2D eigenvalue weighted by molar-refractivity contribution is 6.41. The van der Waals surface area contributed by atoms with E-state index in [1.165, 1.54) is 12.1 Å². The predicted molar refractivity (Wildman–Crippen MR) is 96.9 cm³/mol. The third-order valence-corrected chi connectivity index (χ3v) is 4.48. The molecule has 10 heteroatoms. The number of nitrogens with zero attached hydrogens (tertiary/aromatic N) is 1. The third kappa shape index (κ3) is 3.74. The monoisotopic (exact) mass is 428 g/mol. The Labute approximate surface area is 166 Å². The summed E-state index contributed by atoms with van der Waals surface area (Å²) < 4.78 is 38.8. The normalized spacial score (nSPS) is 16.5. The molecule has 0 aromatic heterocycles. The second kappa shape index (κ2) is 7.29. The molecule has 1 fully saturated rings. The van der Waals surface area contributed by atoms with Crippen LogP contribution in [-0.2, 0) is 15.8 Å². The first-order valence-electron chi connectivity index (χ1n) is 7.62. The van der Waals surface area contributed by atoms with E-state index in [4.69, 9.17) is 23.2 Å². The lowest BCUT2D eigenvalue weighted by Gasteiger charge is -2.27. The van der Waals surface area contributed by atoms with E-state index in [1.807, 2.05) is 5.32 Å². The molecular weight excluding hydrogens is 420 g/mol. The van der Waals surface area contributed by atoms with Gasteiger partial charge in [-0.2, -0.15) is 13.2 Å². The number of amides is 4. The molecule has 1 heterocycles. The molecule has 5 nitrogen and oxygen atoms in total. The largest absolute Gasteiger partial charge is 0.416 e. The highest BCUT2D eigenvalue weighted by Crippen LogP contribution is 2.33. The van der Waals surface area contributed by atoms with Crippen molar-refractivity contribution < 1.29 is 27.6 Å². The van der Waals surface area contributed by atoms with Crippen LogP contribution in [0.5, 0.6) is 0 Å². The molecule has 28 heavy (non-hydrogen) atoms. The van der Waals surface area contributed by atoms with Crippen molar-refractivity contribution in [1.82, 2.24) is 5.32 Å². The van der Waals surface area contributed by atoms with Crippen LogP contribution in [0.15, 0.2) is 48.0 Å². The standard InChI is InChI=1S/C18H9Cl2F3N2O3/c19-13-5-2-6-14(20)11(13)8-12-15(26)24-17(28)25(16(12)27)10-4-1-3-9(7-10)18(21,22)23/h1-8H,(H,24,26,28)/b12-8-. The van der Waals surface area contributed by atoms with Crippen molar-refractivity contribution in [2.75, 3.05) is 4.90 Å². The summed E-state index contributed by atoms with van der Waals surface area (Å²) in [6, 6.07) is 6.94. The van der Waals surface area contributed by atoms with Gasteiger partial charge in [-0.15, -0.1) is 0 Å². The Kier molecular flexibility index (Phi) is 5.18. The Morgan fingerprint density at radius 2 is 1.57 bits per heavy atom. The van der Waals surface area contributed by atoms with E-state index < -0.39 is 35.2 Å². The molecule has 0 aliphatic carbocycles. The van der Waals surface area contributed by atoms with Gasteiger partial charge in [-0.3, -0.25) is 14.9 Å². The molecule has 1 saturated heterocycles. The number of barbiturate groups is 1. The summed E-state index contributed by atoms with van der Waals surface area (Å²) in [7, 11) is 0. The number of halogens is 5. The molecular formula is C18H9Cl2F3N2O3. The third-order valence-electron chi connectivity index (χ3n) is 3.82. The van der Waals surface area contributed by atoms with Crippen molar-refractivity contribution in [2.24, 2.45) is 0 Å². The molecule has 144 valence electrons. The molecule has 4 amide bonds. The summed E-state index contributed by atoms with van der Waals surface area (Å²) >= 11 is 12.0. The van der Waals surface area contributed by atoms with Gasteiger partial charge in [0, 0.05) is 15.6 Å². The lowest BCUT2D eigenvalue weighted by molar-refractivity contribution is -0.137. The predicted octanol–water partition coefficient (Wildman–Crippen LogP) is 4.68. The minimum absolute atomic E-state index is 0.142. The van der Waals surface area contributed by atoms with E-state index in [1.54, 1.807) is 6.07 Å². The topological polar surface area (TPSA) is 66.5 Å².